The van der Waals surface area contributed by atoms with E-state index in [2.05, 4.69) is 13.8 Å². The van der Waals surface area contributed by atoms with Gasteiger partial charge in [0.2, 0.25) is 0 Å². The fraction of sp³-hybridized carbons (Fsp3) is 1.00. The number of aliphatic hydroxyl groups is 1. The Morgan fingerprint density at radius 2 is 2.00 bits per heavy atom. The van der Waals surface area contributed by atoms with Crippen molar-refractivity contribution < 1.29 is 13.9 Å². The molecule has 3 rings (SSSR count). The third kappa shape index (κ3) is 1.21. The van der Waals surface area contributed by atoms with Crippen molar-refractivity contribution in [3.8, 4) is 0 Å². The van der Waals surface area contributed by atoms with Crippen LogP contribution >= 0.6 is 0 Å². The molecule has 82 valence electrons. The van der Waals surface area contributed by atoms with Gasteiger partial charge < -0.3 is 5.11 Å². The van der Waals surface area contributed by atoms with Crippen LogP contribution in [0.15, 0.2) is 0 Å². The summed E-state index contributed by atoms with van der Waals surface area (Å²) in [6.07, 6.45) is 2.43. The Bertz CT molecular complexity index is 235. The van der Waals surface area contributed by atoms with Gasteiger partial charge in [-0.25, -0.2) is 8.78 Å². The van der Waals surface area contributed by atoms with Crippen LogP contribution in [-0.4, -0.2) is 17.6 Å². The van der Waals surface area contributed by atoms with Crippen molar-refractivity contribution in [2.45, 2.75) is 39.0 Å². The van der Waals surface area contributed by atoms with Gasteiger partial charge in [0.15, 0.2) is 0 Å². The summed E-state index contributed by atoms with van der Waals surface area (Å²) < 4.78 is 26.8. The van der Waals surface area contributed by atoms with Gasteiger partial charge in [-0.1, -0.05) is 13.8 Å². The summed E-state index contributed by atoms with van der Waals surface area (Å²) in [6.45, 7) is 3.19. The maximum absolute atomic E-state index is 13.4. The van der Waals surface area contributed by atoms with Crippen LogP contribution in [0.5, 0.6) is 0 Å². The Hall–Kier alpha value is -0.180. The second kappa shape index (κ2) is 2.91. The summed E-state index contributed by atoms with van der Waals surface area (Å²) in [5.41, 5.74) is 0.0709. The van der Waals surface area contributed by atoms with E-state index in [4.69, 9.17) is 5.11 Å². The topological polar surface area (TPSA) is 20.2 Å². The third-order valence-corrected chi connectivity index (χ3v) is 4.61. The molecule has 1 N–H and O–H groups in total. The molecule has 0 aromatic heterocycles. The maximum atomic E-state index is 13.4. The lowest BCUT2D eigenvalue weighted by Crippen LogP contribution is -2.57. The van der Waals surface area contributed by atoms with Gasteiger partial charge in [-0.15, -0.1) is 0 Å². The average molecular weight is 204 g/mol. The highest BCUT2D eigenvalue weighted by atomic mass is 19.3. The largest absolute Gasteiger partial charge is 0.390 e. The molecule has 3 heteroatoms. The summed E-state index contributed by atoms with van der Waals surface area (Å²) in [5.74, 6) is -2.71. The minimum atomic E-state index is -2.87. The van der Waals surface area contributed by atoms with E-state index in [1.54, 1.807) is 0 Å². The van der Waals surface area contributed by atoms with Crippen molar-refractivity contribution in [3.63, 3.8) is 0 Å². The highest BCUT2D eigenvalue weighted by Gasteiger charge is 2.60. The van der Waals surface area contributed by atoms with Gasteiger partial charge in [-0.3, -0.25) is 0 Å². The van der Waals surface area contributed by atoms with Crippen molar-refractivity contribution in [2.24, 2.45) is 23.2 Å². The zero-order valence-electron chi connectivity index (χ0n) is 8.76. The zero-order valence-corrected chi connectivity index (χ0v) is 8.76. The van der Waals surface area contributed by atoms with Gasteiger partial charge in [0.1, 0.15) is 6.61 Å². The van der Waals surface area contributed by atoms with Gasteiger partial charge >= 0.3 is 0 Å². The van der Waals surface area contributed by atoms with Crippen LogP contribution in [0, 0.1) is 23.2 Å². The lowest BCUT2D eigenvalue weighted by Gasteiger charge is -2.61. The van der Waals surface area contributed by atoms with Crippen molar-refractivity contribution in [1.29, 1.82) is 0 Å². The molecule has 0 saturated heterocycles. The van der Waals surface area contributed by atoms with E-state index in [1.165, 1.54) is 0 Å². The summed E-state index contributed by atoms with van der Waals surface area (Å²) in [4.78, 5) is 0. The van der Waals surface area contributed by atoms with E-state index < -0.39 is 18.4 Å². The van der Waals surface area contributed by atoms with Crippen LogP contribution in [0.4, 0.5) is 8.78 Å². The number of hydrogen-bond acceptors (Lipinski definition) is 1. The molecular weight excluding hydrogens is 186 g/mol. The van der Waals surface area contributed by atoms with Crippen LogP contribution in [0.2, 0.25) is 0 Å². The highest BCUT2D eigenvalue weighted by molar-refractivity contribution is 5.06. The van der Waals surface area contributed by atoms with Gasteiger partial charge in [0.05, 0.1) is 0 Å². The molecule has 2 bridgehead atoms. The van der Waals surface area contributed by atoms with Crippen LogP contribution in [-0.2, 0) is 0 Å². The molecule has 14 heavy (non-hydrogen) atoms. The Kier molecular flexibility index (Phi) is 2.15. The first-order valence-electron chi connectivity index (χ1n) is 5.38. The minimum absolute atomic E-state index is 0.0709. The molecule has 0 aromatic carbocycles. The standard InChI is InChI=1S/C11H18F2O/c1-10(2)7-3-4-8(9(10)5-7)11(12,13)6-14/h7-9,14H,3-6H2,1-2H3. The second-order valence-corrected chi connectivity index (χ2v) is 5.46. The maximum Gasteiger partial charge on any atom is 0.273 e. The molecule has 3 unspecified atom stereocenters. The number of aliphatic hydroxyl groups excluding tert-OH is 1. The van der Waals surface area contributed by atoms with Crippen LogP contribution in [0.25, 0.3) is 0 Å². The smallest absolute Gasteiger partial charge is 0.273 e. The molecule has 3 aliphatic carbocycles. The molecule has 1 nitrogen and oxygen atoms in total. The Labute approximate surface area is 83.5 Å². The Morgan fingerprint density at radius 3 is 2.43 bits per heavy atom. The van der Waals surface area contributed by atoms with Crippen molar-refractivity contribution >= 4 is 0 Å². The molecule has 3 fully saturated rings. The van der Waals surface area contributed by atoms with Gasteiger partial charge in [-0.05, 0) is 36.5 Å². The molecule has 3 saturated carbocycles. The quantitative estimate of drug-likeness (QED) is 0.733. The number of rotatable bonds is 2. The zero-order chi connectivity index (χ0) is 10.6. The average Bonchev–Trinajstić information content (AvgIpc) is 2.17. The molecule has 3 aliphatic rings. The first kappa shape index (κ1) is 10.3. The molecule has 0 spiro atoms. The van der Waals surface area contributed by atoms with Gasteiger partial charge in [0, 0.05) is 5.92 Å². The summed E-state index contributed by atoms with van der Waals surface area (Å²) >= 11 is 0. The van der Waals surface area contributed by atoms with E-state index in [9.17, 15) is 8.78 Å². The molecule has 0 aromatic rings. The second-order valence-electron chi connectivity index (χ2n) is 5.46. The first-order valence-corrected chi connectivity index (χ1v) is 5.38. The summed E-state index contributed by atoms with van der Waals surface area (Å²) in [6, 6.07) is 0. The molecular formula is C11H18F2O. The molecule has 0 amide bonds. The third-order valence-electron chi connectivity index (χ3n) is 4.61. The minimum Gasteiger partial charge on any atom is -0.390 e. The van der Waals surface area contributed by atoms with Crippen LogP contribution < -0.4 is 0 Å². The van der Waals surface area contributed by atoms with Crippen molar-refractivity contribution in [2.75, 3.05) is 6.61 Å². The molecule has 0 aliphatic heterocycles. The number of halogens is 2. The fourth-order valence-corrected chi connectivity index (χ4v) is 3.43. The van der Waals surface area contributed by atoms with Crippen molar-refractivity contribution in [1.82, 2.24) is 0 Å². The lowest BCUT2D eigenvalue weighted by atomic mass is 9.45. The van der Waals surface area contributed by atoms with Gasteiger partial charge in [0.25, 0.3) is 5.92 Å². The van der Waals surface area contributed by atoms with Crippen LogP contribution in [0.3, 0.4) is 0 Å². The summed E-state index contributed by atoms with van der Waals surface area (Å²) in [7, 11) is 0. The first-order chi connectivity index (χ1) is 6.39. The van der Waals surface area contributed by atoms with Crippen molar-refractivity contribution in [3.05, 3.63) is 0 Å². The lowest BCUT2D eigenvalue weighted by molar-refractivity contribution is -0.203. The number of fused-ring (bicyclic) bond motifs is 2. The monoisotopic (exact) mass is 204 g/mol. The normalized spacial score (nSPS) is 40.5. The van der Waals surface area contributed by atoms with Crippen LogP contribution in [0.1, 0.15) is 33.1 Å². The summed E-state index contributed by atoms with van der Waals surface area (Å²) in [5, 5.41) is 8.70. The molecule has 0 radical (unpaired) electrons. The predicted molar refractivity (Wildman–Crippen MR) is 50.1 cm³/mol. The Morgan fingerprint density at radius 1 is 1.36 bits per heavy atom. The van der Waals surface area contributed by atoms with E-state index in [0.717, 1.165) is 12.8 Å². The van der Waals surface area contributed by atoms with Gasteiger partial charge in [-0.2, -0.15) is 0 Å². The van der Waals surface area contributed by atoms with E-state index in [1.807, 2.05) is 0 Å². The Balaban J connectivity index is 2.15. The SMILES string of the molecule is CC1(C)C2CCC(C(F)(F)CO)C1C2. The molecule has 0 heterocycles. The van der Waals surface area contributed by atoms with E-state index >= 15 is 0 Å². The number of alkyl halides is 2. The highest BCUT2D eigenvalue weighted by Crippen LogP contribution is 2.63. The predicted octanol–water partition coefficient (Wildman–Crippen LogP) is 2.69. The van der Waals surface area contributed by atoms with E-state index in [0.29, 0.717) is 12.3 Å². The number of hydrogen-bond donors (Lipinski definition) is 1. The van der Waals surface area contributed by atoms with E-state index in [-0.39, 0.29) is 11.3 Å². The fourth-order valence-electron chi connectivity index (χ4n) is 3.43. The molecule has 3 atom stereocenters.